The molecule has 0 unspecified atom stereocenters. The first kappa shape index (κ1) is 16.9. The van der Waals surface area contributed by atoms with Gasteiger partial charge in [0.1, 0.15) is 0 Å². The van der Waals surface area contributed by atoms with Gasteiger partial charge in [0, 0.05) is 6.92 Å². The van der Waals surface area contributed by atoms with E-state index in [9.17, 15) is 45.3 Å². The van der Waals surface area contributed by atoms with Crippen LogP contribution < -0.4 is 0 Å². The molecule has 0 aliphatic carbocycles. The SMILES string of the molecule is CC(=O)OCN(CC([N+](=O)[O-])([N+](=O)[O-])[N+](=O)[O-])[N+](=O)[O-]. The third-order valence-corrected chi connectivity index (χ3v) is 1.92. The molecular formula is C5H7N5O10. The van der Waals surface area contributed by atoms with Crippen molar-refractivity contribution < 1.29 is 29.3 Å². The summed E-state index contributed by atoms with van der Waals surface area (Å²) in [6.45, 7) is -2.21. The fraction of sp³-hybridized carbons (Fsp3) is 0.800. The van der Waals surface area contributed by atoms with Crippen LogP contribution in [-0.4, -0.2) is 49.8 Å². The Labute approximate surface area is 108 Å². The van der Waals surface area contributed by atoms with Crippen molar-refractivity contribution in [2.45, 2.75) is 12.7 Å². The molecule has 0 saturated carbocycles. The minimum Gasteiger partial charge on any atom is -0.439 e. The lowest BCUT2D eigenvalue weighted by Crippen LogP contribution is -2.61. The van der Waals surface area contributed by atoms with Gasteiger partial charge in [-0.2, -0.15) is 0 Å². The maximum Gasteiger partial charge on any atom is 0.723 e. The molecule has 112 valence electrons. The number of ether oxygens (including phenoxy) is 1. The van der Waals surface area contributed by atoms with Crippen molar-refractivity contribution in [3.8, 4) is 0 Å². The number of nitro groups is 4. The van der Waals surface area contributed by atoms with Gasteiger partial charge < -0.3 is 4.74 Å². The summed E-state index contributed by atoms with van der Waals surface area (Å²) in [5.74, 6) is -5.07. The van der Waals surface area contributed by atoms with Gasteiger partial charge in [0.15, 0.2) is 19.8 Å². The summed E-state index contributed by atoms with van der Waals surface area (Å²) in [6, 6.07) is 0. The summed E-state index contributed by atoms with van der Waals surface area (Å²) >= 11 is 0. The van der Waals surface area contributed by atoms with Gasteiger partial charge in [-0.1, -0.05) is 5.01 Å². The van der Waals surface area contributed by atoms with Crippen molar-refractivity contribution >= 4 is 5.97 Å². The van der Waals surface area contributed by atoms with Gasteiger partial charge in [-0.3, -0.25) is 35.1 Å². The molecule has 0 aromatic rings. The third kappa shape index (κ3) is 3.43. The van der Waals surface area contributed by atoms with Gasteiger partial charge in [0.05, 0.1) is 0 Å². The van der Waals surface area contributed by atoms with Crippen molar-refractivity contribution in [3.63, 3.8) is 0 Å². The molecule has 0 aromatic heterocycles. The zero-order valence-corrected chi connectivity index (χ0v) is 9.73. The highest BCUT2D eigenvalue weighted by molar-refractivity contribution is 5.65. The van der Waals surface area contributed by atoms with Crippen LogP contribution in [-0.2, 0) is 9.53 Å². The lowest BCUT2D eigenvalue weighted by atomic mass is 10.4. The predicted molar refractivity (Wildman–Crippen MR) is 54.0 cm³/mol. The molecule has 0 aromatic carbocycles. The second-order valence-electron chi connectivity index (χ2n) is 3.21. The van der Waals surface area contributed by atoms with E-state index < -0.39 is 44.8 Å². The van der Waals surface area contributed by atoms with E-state index in [1.807, 2.05) is 0 Å². The largest absolute Gasteiger partial charge is 0.723 e. The first-order valence-electron chi connectivity index (χ1n) is 4.51. The molecule has 0 N–H and O–H groups in total. The van der Waals surface area contributed by atoms with Crippen molar-refractivity contribution in [1.82, 2.24) is 5.01 Å². The van der Waals surface area contributed by atoms with Crippen LogP contribution in [0.15, 0.2) is 0 Å². The minimum absolute atomic E-state index is 0.324. The molecule has 0 saturated heterocycles. The first-order chi connectivity index (χ1) is 9.05. The molecule has 0 aliphatic rings. The molecule has 0 radical (unpaired) electrons. The Bertz CT molecular complexity index is 425. The highest BCUT2D eigenvalue weighted by Gasteiger charge is 2.73. The minimum atomic E-state index is -4.05. The lowest BCUT2D eigenvalue weighted by molar-refractivity contribution is -0.973. The normalized spacial score (nSPS) is 10.4. The Hall–Kier alpha value is -3.13. The molecule has 15 heteroatoms. The first-order valence-corrected chi connectivity index (χ1v) is 4.51. The molecule has 0 fully saturated rings. The van der Waals surface area contributed by atoms with Crippen LogP contribution in [0.5, 0.6) is 0 Å². The summed E-state index contributed by atoms with van der Waals surface area (Å²) in [6.07, 6.45) is 0. The number of rotatable bonds is 8. The van der Waals surface area contributed by atoms with Crippen LogP contribution >= 0.6 is 0 Å². The standard InChI is InChI=1S/C5H7N5O10/c1-4(11)20-3-6(10(18)19)2-5(7(12)13,8(14)15)9(16)17/h2-3H2,1H3. The van der Waals surface area contributed by atoms with E-state index in [4.69, 9.17) is 0 Å². The summed E-state index contributed by atoms with van der Waals surface area (Å²) in [7, 11) is 0. The fourth-order valence-corrected chi connectivity index (χ4v) is 0.934. The molecule has 0 rings (SSSR count). The van der Waals surface area contributed by atoms with Crippen molar-refractivity contribution in [2.24, 2.45) is 0 Å². The topological polar surface area (TPSA) is 202 Å². The van der Waals surface area contributed by atoms with E-state index in [2.05, 4.69) is 4.74 Å². The summed E-state index contributed by atoms with van der Waals surface area (Å²) in [5.41, 5.74) is 0. The van der Waals surface area contributed by atoms with Crippen LogP contribution in [0.2, 0.25) is 0 Å². The fourth-order valence-electron chi connectivity index (χ4n) is 0.934. The van der Waals surface area contributed by atoms with E-state index in [1.165, 1.54) is 0 Å². The number of esters is 1. The van der Waals surface area contributed by atoms with Crippen LogP contribution in [0.4, 0.5) is 0 Å². The summed E-state index contributed by atoms with van der Waals surface area (Å²) in [5, 5.41) is 40.5. The van der Waals surface area contributed by atoms with Crippen molar-refractivity contribution in [2.75, 3.05) is 13.3 Å². The Balaban J connectivity index is 5.44. The Morgan fingerprint density at radius 3 is 1.70 bits per heavy atom. The van der Waals surface area contributed by atoms with Gasteiger partial charge in [0.25, 0.3) is 0 Å². The average molecular weight is 297 g/mol. The quantitative estimate of drug-likeness (QED) is 0.218. The van der Waals surface area contributed by atoms with Gasteiger partial charge in [-0.15, -0.1) is 0 Å². The molecule has 0 heterocycles. The zero-order chi connectivity index (χ0) is 16.1. The Morgan fingerprint density at radius 1 is 1.05 bits per heavy atom. The highest BCUT2D eigenvalue weighted by Crippen LogP contribution is 2.14. The second-order valence-corrected chi connectivity index (χ2v) is 3.21. The molecule has 15 nitrogen and oxygen atoms in total. The lowest BCUT2D eigenvalue weighted by Gasteiger charge is -2.14. The summed E-state index contributed by atoms with van der Waals surface area (Å²) in [4.78, 5) is 47.1. The Morgan fingerprint density at radius 2 is 1.45 bits per heavy atom. The van der Waals surface area contributed by atoms with Crippen LogP contribution in [0.25, 0.3) is 0 Å². The molecule has 0 bridgehead atoms. The van der Waals surface area contributed by atoms with Gasteiger partial charge in [0.2, 0.25) is 6.73 Å². The van der Waals surface area contributed by atoms with E-state index in [0.29, 0.717) is 0 Å². The number of carbonyl (C=O) groups excluding carboxylic acids is 1. The predicted octanol–water partition coefficient (Wildman–Crippen LogP) is -1.52. The third-order valence-electron chi connectivity index (χ3n) is 1.92. The molecule has 0 atom stereocenters. The number of nitrogens with zero attached hydrogens (tertiary/aromatic N) is 5. The van der Waals surface area contributed by atoms with E-state index >= 15 is 0 Å². The van der Waals surface area contributed by atoms with Crippen molar-refractivity contribution in [3.05, 3.63) is 40.5 Å². The van der Waals surface area contributed by atoms with Crippen LogP contribution in [0, 0.1) is 40.5 Å². The molecule has 0 aliphatic heterocycles. The average Bonchev–Trinajstić information content (AvgIpc) is 2.26. The van der Waals surface area contributed by atoms with Gasteiger partial charge in [-0.05, 0) is 0 Å². The van der Waals surface area contributed by atoms with Gasteiger partial charge in [-0.25, -0.2) is 10.1 Å². The molecule has 20 heavy (non-hydrogen) atoms. The molecular weight excluding hydrogens is 290 g/mol. The highest BCUT2D eigenvalue weighted by atomic mass is 16.7. The monoisotopic (exact) mass is 297 g/mol. The zero-order valence-electron chi connectivity index (χ0n) is 9.73. The Kier molecular flexibility index (Phi) is 5.19. The number of carbonyl (C=O) groups is 1. The van der Waals surface area contributed by atoms with Crippen molar-refractivity contribution in [1.29, 1.82) is 0 Å². The van der Waals surface area contributed by atoms with E-state index in [0.717, 1.165) is 6.92 Å². The summed E-state index contributed by atoms with van der Waals surface area (Å²) < 4.78 is 4.13. The number of hydrazine groups is 1. The number of hydrogen-bond acceptors (Lipinski definition) is 10. The van der Waals surface area contributed by atoms with E-state index in [1.54, 1.807) is 0 Å². The molecule has 0 amide bonds. The maximum atomic E-state index is 10.6. The van der Waals surface area contributed by atoms with Gasteiger partial charge >= 0.3 is 18.3 Å². The molecule has 0 spiro atoms. The smallest absolute Gasteiger partial charge is 0.439 e. The second kappa shape index (κ2) is 6.16. The van der Waals surface area contributed by atoms with Crippen LogP contribution in [0.3, 0.4) is 0 Å². The van der Waals surface area contributed by atoms with Crippen LogP contribution in [0.1, 0.15) is 6.92 Å². The number of hydrogen-bond donors (Lipinski definition) is 0. The maximum absolute atomic E-state index is 10.6. The van der Waals surface area contributed by atoms with E-state index in [-0.39, 0.29) is 5.01 Å².